The van der Waals surface area contributed by atoms with Crippen molar-refractivity contribution in [3.05, 3.63) is 42.7 Å². The number of furan rings is 1. The van der Waals surface area contributed by atoms with Gasteiger partial charge in [-0.2, -0.15) is 0 Å². The predicted molar refractivity (Wildman–Crippen MR) is 60.6 cm³/mol. The van der Waals surface area contributed by atoms with Crippen LogP contribution in [0.2, 0.25) is 0 Å². The minimum absolute atomic E-state index is 0.167. The van der Waals surface area contributed by atoms with Crippen LogP contribution in [0.4, 0.5) is 0 Å². The van der Waals surface area contributed by atoms with Crippen LogP contribution >= 0.6 is 0 Å². The van der Waals surface area contributed by atoms with Crippen LogP contribution in [0.15, 0.2) is 41.3 Å². The number of nitrogens with zero attached hydrogens (tertiary/aromatic N) is 1. The van der Waals surface area contributed by atoms with Crippen molar-refractivity contribution in [1.82, 2.24) is 4.90 Å². The van der Waals surface area contributed by atoms with E-state index in [4.69, 9.17) is 4.42 Å². The maximum atomic E-state index is 11.5. The maximum absolute atomic E-state index is 11.5. The van der Waals surface area contributed by atoms with Crippen molar-refractivity contribution < 1.29 is 9.21 Å². The van der Waals surface area contributed by atoms with E-state index < -0.39 is 0 Å². The summed E-state index contributed by atoms with van der Waals surface area (Å²) in [6.07, 6.45) is 6.67. The summed E-state index contributed by atoms with van der Waals surface area (Å²) < 4.78 is 5.27. The highest BCUT2D eigenvalue weighted by molar-refractivity contribution is 5.79. The quantitative estimate of drug-likeness (QED) is 0.726. The molecule has 1 aromatic heterocycles. The van der Waals surface area contributed by atoms with Crippen molar-refractivity contribution in [2.24, 2.45) is 0 Å². The molecule has 0 unspecified atom stereocenters. The van der Waals surface area contributed by atoms with Crippen LogP contribution < -0.4 is 0 Å². The summed E-state index contributed by atoms with van der Waals surface area (Å²) in [6.45, 7) is 3.51. The lowest BCUT2D eigenvalue weighted by Gasteiger charge is -2.19. The van der Waals surface area contributed by atoms with Gasteiger partial charge in [0.15, 0.2) is 0 Å². The van der Waals surface area contributed by atoms with Gasteiger partial charge in [-0.1, -0.05) is 6.58 Å². The Morgan fingerprint density at radius 1 is 1.69 bits per heavy atom. The van der Waals surface area contributed by atoms with E-state index in [0.717, 1.165) is 25.0 Å². The van der Waals surface area contributed by atoms with Crippen molar-refractivity contribution in [3.63, 3.8) is 0 Å². The monoisotopic (exact) mass is 217 g/mol. The molecule has 0 aromatic carbocycles. The molecule has 0 N–H and O–H groups in total. The molecule has 84 valence electrons. The molecule has 1 atom stereocenters. The summed E-state index contributed by atoms with van der Waals surface area (Å²) in [5, 5.41) is 0. The summed E-state index contributed by atoms with van der Waals surface area (Å²) in [5.41, 5.74) is 2.67. The zero-order chi connectivity index (χ0) is 11.4. The van der Waals surface area contributed by atoms with Gasteiger partial charge in [0.1, 0.15) is 5.76 Å². The smallest absolute Gasteiger partial charge is 0.227 e. The van der Waals surface area contributed by atoms with E-state index in [2.05, 4.69) is 12.3 Å². The molecule has 1 aliphatic rings. The number of likely N-dealkylation sites (tertiary alicyclic amines) is 1. The van der Waals surface area contributed by atoms with Gasteiger partial charge in [-0.25, -0.2) is 0 Å². The van der Waals surface area contributed by atoms with Gasteiger partial charge < -0.3 is 9.32 Å². The molecule has 1 amide bonds. The number of rotatable bonds is 4. The van der Waals surface area contributed by atoms with Gasteiger partial charge in [0.05, 0.1) is 6.26 Å². The van der Waals surface area contributed by atoms with Crippen LogP contribution in [0.3, 0.4) is 0 Å². The number of carbonyl (C=O) groups excluding carboxylic acids is 1. The Bertz CT molecular complexity index is 402. The number of amides is 1. The van der Waals surface area contributed by atoms with Crippen molar-refractivity contribution in [1.29, 1.82) is 0 Å². The molecule has 2 heterocycles. The van der Waals surface area contributed by atoms with E-state index in [-0.39, 0.29) is 11.9 Å². The third-order valence-electron chi connectivity index (χ3n) is 2.91. The second-order valence-corrected chi connectivity index (χ2v) is 3.94. The van der Waals surface area contributed by atoms with Gasteiger partial charge >= 0.3 is 0 Å². The SMILES string of the molecule is C=C=CN1C(=O)CC[C@H]1CCc1ccco1. The van der Waals surface area contributed by atoms with Gasteiger partial charge in [0.2, 0.25) is 5.91 Å². The van der Waals surface area contributed by atoms with Crippen LogP contribution in [0.1, 0.15) is 25.0 Å². The molecule has 0 spiro atoms. The van der Waals surface area contributed by atoms with E-state index in [9.17, 15) is 4.79 Å². The Kier molecular flexibility index (Phi) is 3.28. The largest absolute Gasteiger partial charge is 0.469 e. The van der Waals surface area contributed by atoms with E-state index in [1.807, 2.05) is 12.1 Å². The second-order valence-electron chi connectivity index (χ2n) is 3.94. The average molecular weight is 217 g/mol. The molecular weight excluding hydrogens is 202 g/mol. The molecule has 1 aromatic rings. The summed E-state index contributed by atoms with van der Waals surface area (Å²) in [6, 6.07) is 4.12. The predicted octanol–water partition coefficient (Wildman–Crippen LogP) is 2.50. The Hall–Kier alpha value is -1.73. The van der Waals surface area contributed by atoms with Crippen LogP contribution in [0.5, 0.6) is 0 Å². The van der Waals surface area contributed by atoms with Gasteiger partial charge in [-0.3, -0.25) is 4.79 Å². The third kappa shape index (κ3) is 2.26. The fourth-order valence-electron chi connectivity index (χ4n) is 2.08. The second kappa shape index (κ2) is 4.86. The highest BCUT2D eigenvalue weighted by atomic mass is 16.3. The number of hydrogen-bond donors (Lipinski definition) is 0. The van der Waals surface area contributed by atoms with Gasteiger partial charge in [0, 0.05) is 25.1 Å². The molecule has 1 saturated heterocycles. The normalized spacial score (nSPS) is 19.9. The van der Waals surface area contributed by atoms with Crippen LogP contribution in [0, 0.1) is 0 Å². The molecule has 0 aliphatic carbocycles. The fraction of sp³-hybridized carbons (Fsp3) is 0.385. The van der Waals surface area contributed by atoms with Crippen LogP contribution in [-0.4, -0.2) is 16.8 Å². The summed E-state index contributed by atoms with van der Waals surface area (Å²) >= 11 is 0. The number of hydrogen-bond acceptors (Lipinski definition) is 2. The summed E-state index contributed by atoms with van der Waals surface area (Å²) in [4.78, 5) is 13.3. The van der Waals surface area contributed by atoms with Crippen molar-refractivity contribution >= 4 is 5.91 Å². The maximum Gasteiger partial charge on any atom is 0.227 e. The van der Waals surface area contributed by atoms with Crippen LogP contribution in [0.25, 0.3) is 0 Å². The Balaban J connectivity index is 1.94. The minimum Gasteiger partial charge on any atom is -0.469 e. The lowest BCUT2D eigenvalue weighted by molar-refractivity contribution is -0.126. The lowest BCUT2D eigenvalue weighted by Crippen LogP contribution is -2.27. The molecule has 0 bridgehead atoms. The third-order valence-corrected chi connectivity index (χ3v) is 2.91. The molecule has 3 nitrogen and oxygen atoms in total. The molecule has 3 heteroatoms. The first kappa shape index (κ1) is 10.8. The van der Waals surface area contributed by atoms with E-state index >= 15 is 0 Å². The molecule has 0 saturated carbocycles. The van der Waals surface area contributed by atoms with E-state index in [1.54, 1.807) is 17.4 Å². The zero-order valence-corrected chi connectivity index (χ0v) is 9.19. The standard InChI is InChI=1S/C13H15NO2/c1-2-9-14-11(6-8-13(14)15)5-7-12-4-3-10-16-12/h3-4,9-11H,1,5-8H2/t11-/m1/s1. The van der Waals surface area contributed by atoms with Crippen molar-refractivity contribution in [3.8, 4) is 0 Å². The van der Waals surface area contributed by atoms with Gasteiger partial charge in [-0.15, -0.1) is 5.73 Å². The molecule has 2 rings (SSSR count). The minimum atomic E-state index is 0.167. The van der Waals surface area contributed by atoms with E-state index in [0.29, 0.717) is 6.42 Å². The molecule has 1 fully saturated rings. The van der Waals surface area contributed by atoms with Crippen LogP contribution in [-0.2, 0) is 11.2 Å². The molecular formula is C13H15NO2. The summed E-state index contributed by atoms with van der Waals surface area (Å²) in [5.74, 6) is 1.14. The first-order valence-electron chi connectivity index (χ1n) is 5.51. The summed E-state index contributed by atoms with van der Waals surface area (Å²) in [7, 11) is 0. The van der Waals surface area contributed by atoms with Crippen molar-refractivity contribution in [2.45, 2.75) is 31.7 Å². The topological polar surface area (TPSA) is 33.5 Å². The fourth-order valence-corrected chi connectivity index (χ4v) is 2.08. The average Bonchev–Trinajstić information content (AvgIpc) is 2.89. The van der Waals surface area contributed by atoms with Crippen molar-refractivity contribution in [2.75, 3.05) is 0 Å². The Labute approximate surface area is 95.0 Å². The molecule has 0 radical (unpaired) electrons. The van der Waals surface area contributed by atoms with Gasteiger partial charge in [-0.05, 0) is 25.0 Å². The molecule has 16 heavy (non-hydrogen) atoms. The molecule has 1 aliphatic heterocycles. The number of carbonyl (C=O) groups is 1. The lowest BCUT2D eigenvalue weighted by atomic mass is 10.1. The highest BCUT2D eigenvalue weighted by Crippen LogP contribution is 2.23. The number of aryl methyl sites for hydroxylation is 1. The Morgan fingerprint density at radius 3 is 3.25 bits per heavy atom. The zero-order valence-electron chi connectivity index (χ0n) is 9.19. The van der Waals surface area contributed by atoms with Gasteiger partial charge in [0.25, 0.3) is 0 Å². The highest BCUT2D eigenvalue weighted by Gasteiger charge is 2.28. The Morgan fingerprint density at radius 2 is 2.56 bits per heavy atom. The van der Waals surface area contributed by atoms with E-state index in [1.165, 1.54) is 0 Å². The first-order chi connectivity index (χ1) is 7.81. The first-order valence-corrected chi connectivity index (χ1v) is 5.51.